The summed E-state index contributed by atoms with van der Waals surface area (Å²) < 4.78 is 15.4. The summed E-state index contributed by atoms with van der Waals surface area (Å²) in [7, 11) is 1.27. The number of methoxy groups -OCH3 is 1. The van der Waals surface area contributed by atoms with Crippen LogP contribution in [0.15, 0.2) is 54.1 Å². The SMILES string of the molecule is CCOc1ccc(/C(O)=C2\C(=O)C(=O)N(CCOCCO)[C@@H]2c2ccc(C(=O)OC)cc2)cc1. The van der Waals surface area contributed by atoms with Crippen molar-refractivity contribution >= 4 is 23.4 Å². The number of hydrogen-bond acceptors (Lipinski definition) is 8. The van der Waals surface area contributed by atoms with Crippen LogP contribution in [0.1, 0.15) is 34.5 Å². The molecule has 0 spiro atoms. The Morgan fingerprint density at radius 2 is 1.65 bits per heavy atom. The lowest BCUT2D eigenvalue weighted by atomic mass is 9.94. The number of nitrogens with zero attached hydrogens (tertiary/aromatic N) is 1. The molecule has 0 bridgehead atoms. The van der Waals surface area contributed by atoms with E-state index in [1.54, 1.807) is 36.4 Å². The number of Topliss-reactive ketones (excluding diaryl/α,β-unsaturated/α-hetero) is 1. The van der Waals surface area contributed by atoms with Gasteiger partial charge in [0.05, 0.1) is 50.7 Å². The van der Waals surface area contributed by atoms with Crippen molar-refractivity contribution in [3.8, 4) is 5.75 Å². The van der Waals surface area contributed by atoms with Gasteiger partial charge in [0.1, 0.15) is 11.5 Å². The normalized spacial score (nSPS) is 17.1. The Kier molecular flexibility index (Phi) is 8.39. The zero-order valence-corrected chi connectivity index (χ0v) is 19.0. The minimum Gasteiger partial charge on any atom is -0.507 e. The maximum atomic E-state index is 13.0. The molecule has 2 N–H and O–H groups in total. The third-order valence-corrected chi connectivity index (χ3v) is 5.34. The summed E-state index contributed by atoms with van der Waals surface area (Å²) in [6.45, 7) is 2.41. The van der Waals surface area contributed by atoms with Crippen LogP contribution in [-0.2, 0) is 19.1 Å². The van der Waals surface area contributed by atoms with Gasteiger partial charge in [0.25, 0.3) is 11.7 Å². The highest BCUT2D eigenvalue weighted by atomic mass is 16.5. The molecule has 0 aromatic heterocycles. The van der Waals surface area contributed by atoms with Crippen molar-refractivity contribution < 1.29 is 38.8 Å². The zero-order chi connectivity index (χ0) is 24.7. The van der Waals surface area contributed by atoms with Crippen molar-refractivity contribution in [1.29, 1.82) is 0 Å². The van der Waals surface area contributed by atoms with Crippen molar-refractivity contribution in [2.24, 2.45) is 0 Å². The molecule has 1 fully saturated rings. The first kappa shape index (κ1) is 24.9. The standard InChI is InChI=1S/C25H27NO8/c1-3-34-19-10-8-17(9-11-19)22(28)20-21(16-4-6-18(7-5-16)25(31)32-2)26(24(30)23(20)29)12-14-33-15-13-27/h4-11,21,27-28H,3,12-15H2,1-2H3/b22-20+/t21-/m1/s1. The lowest BCUT2D eigenvalue weighted by Crippen LogP contribution is -2.33. The van der Waals surface area contributed by atoms with E-state index in [1.807, 2.05) is 6.92 Å². The fraction of sp³-hybridized carbons (Fsp3) is 0.320. The quantitative estimate of drug-likeness (QED) is 0.179. The third-order valence-electron chi connectivity index (χ3n) is 5.34. The van der Waals surface area contributed by atoms with Crippen molar-refractivity contribution in [1.82, 2.24) is 4.90 Å². The van der Waals surface area contributed by atoms with Crippen molar-refractivity contribution in [3.05, 3.63) is 70.8 Å². The average Bonchev–Trinajstić information content (AvgIpc) is 3.11. The van der Waals surface area contributed by atoms with Crippen molar-refractivity contribution in [2.45, 2.75) is 13.0 Å². The van der Waals surface area contributed by atoms with Crippen LogP contribution in [0.2, 0.25) is 0 Å². The first-order valence-electron chi connectivity index (χ1n) is 10.8. The van der Waals surface area contributed by atoms with Crippen LogP contribution in [-0.4, -0.2) is 72.9 Å². The lowest BCUT2D eigenvalue weighted by Gasteiger charge is -2.25. The zero-order valence-electron chi connectivity index (χ0n) is 19.0. The number of hydrogen-bond donors (Lipinski definition) is 2. The Balaban J connectivity index is 2.04. The number of benzene rings is 2. The molecule has 9 heteroatoms. The number of rotatable bonds is 10. The largest absolute Gasteiger partial charge is 0.507 e. The van der Waals surface area contributed by atoms with Crippen LogP contribution in [0.25, 0.3) is 5.76 Å². The molecular weight excluding hydrogens is 442 g/mol. The molecule has 2 aromatic rings. The van der Waals surface area contributed by atoms with Crippen LogP contribution in [0, 0.1) is 0 Å². The van der Waals surface area contributed by atoms with Gasteiger partial charge in [0.15, 0.2) is 0 Å². The Morgan fingerprint density at radius 3 is 2.24 bits per heavy atom. The van der Waals surface area contributed by atoms with Crippen LogP contribution in [0.4, 0.5) is 0 Å². The van der Waals surface area contributed by atoms with Gasteiger partial charge in [-0.15, -0.1) is 0 Å². The summed E-state index contributed by atoms with van der Waals surface area (Å²) in [5.74, 6) is -1.83. The number of ketones is 1. The summed E-state index contributed by atoms with van der Waals surface area (Å²) in [4.78, 5) is 39.0. The number of likely N-dealkylation sites (tertiary alicyclic amines) is 1. The monoisotopic (exact) mass is 469 g/mol. The second kappa shape index (κ2) is 11.4. The molecule has 180 valence electrons. The van der Waals surface area contributed by atoms with Gasteiger partial charge in [-0.2, -0.15) is 0 Å². The van der Waals surface area contributed by atoms with Gasteiger partial charge in [-0.05, 0) is 48.9 Å². The number of aliphatic hydroxyl groups is 2. The predicted octanol–water partition coefficient (Wildman–Crippen LogP) is 2.30. The number of carbonyl (C=O) groups is 3. The molecule has 1 saturated heterocycles. The van der Waals surface area contributed by atoms with Gasteiger partial charge in [0.2, 0.25) is 0 Å². The van der Waals surface area contributed by atoms with Crippen LogP contribution in [0.5, 0.6) is 5.75 Å². The molecule has 1 heterocycles. The van der Waals surface area contributed by atoms with Gasteiger partial charge in [-0.1, -0.05) is 12.1 Å². The number of aliphatic hydroxyl groups excluding tert-OH is 2. The molecular formula is C25H27NO8. The summed E-state index contributed by atoms with van der Waals surface area (Å²) in [5, 5.41) is 20.0. The molecule has 34 heavy (non-hydrogen) atoms. The van der Waals surface area contributed by atoms with Gasteiger partial charge >= 0.3 is 5.97 Å². The summed E-state index contributed by atoms with van der Waals surface area (Å²) in [6, 6.07) is 11.9. The lowest BCUT2D eigenvalue weighted by molar-refractivity contribution is -0.140. The van der Waals surface area contributed by atoms with E-state index in [0.717, 1.165) is 0 Å². The molecule has 0 radical (unpaired) electrons. The van der Waals surface area contributed by atoms with Gasteiger partial charge in [-0.25, -0.2) is 4.79 Å². The molecule has 0 unspecified atom stereocenters. The number of amides is 1. The summed E-state index contributed by atoms with van der Waals surface area (Å²) in [5.41, 5.74) is 1.12. The van der Waals surface area contributed by atoms with Crippen LogP contribution >= 0.6 is 0 Å². The predicted molar refractivity (Wildman–Crippen MR) is 122 cm³/mol. The highest BCUT2D eigenvalue weighted by Gasteiger charge is 2.45. The molecule has 1 amide bonds. The molecule has 0 aliphatic carbocycles. The van der Waals surface area contributed by atoms with E-state index in [0.29, 0.717) is 29.0 Å². The van der Waals surface area contributed by atoms with E-state index in [9.17, 15) is 19.5 Å². The Morgan fingerprint density at radius 1 is 1.00 bits per heavy atom. The van der Waals surface area contributed by atoms with Gasteiger partial charge < -0.3 is 29.3 Å². The first-order valence-corrected chi connectivity index (χ1v) is 10.8. The summed E-state index contributed by atoms with van der Waals surface area (Å²) in [6.07, 6.45) is 0. The minimum absolute atomic E-state index is 0.0635. The summed E-state index contributed by atoms with van der Waals surface area (Å²) >= 11 is 0. The molecule has 0 saturated carbocycles. The Bertz CT molecular complexity index is 1060. The second-order valence-electron chi connectivity index (χ2n) is 7.40. The number of carbonyl (C=O) groups excluding carboxylic acids is 3. The number of ether oxygens (including phenoxy) is 3. The van der Waals surface area contributed by atoms with E-state index >= 15 is 0 Å². The molecule has 2 aromatic carbocycles. The van der Waals surface area contributed by atoms with Crippen molar-refractivity contribution in [2.75, 3.05) is 40.1 Å². The van der Waals surface area contributed by atoms with Gasteiger partial charge in [0, 0.05) is 12.1 Å². The first-order chi connectivity index (χ1) is 16.4. The molecule has 9 nitrogen and oxygen atoms in total. The van der Waals surface area contributed by atoms with E-state index in [2.05, 4.69) is 0 Å². The second-order valence-corrected chi connectivity index (χ2v) is 7.40. The van der Waals surface area contributed by atoms with Crippen molar-refractivity contribution in [3.63, 3.8) is 0 Å². The molecule has 1 atom stereocenters. The highest BCUT2D eigenvalue weighted by Crippen LogP contribution is 2.39. The maximum absolute atomic E-state index is 13.0. The van der Waals surface area contributed by atoms with E-state index < -0.39 is 23.7 Å². The fourth-order valence-corrected chi connectivity index (χ4v) is 3.74. The van der Waals surface area contributed by atoms with E-state index in [-0.39, 0.29) is 37.7 Å². The van der Waals surface area contributed by atoms with Crippen LogP contribution in [0.3, 0.4) is 0 Å². The molecule has 3 rings (SSSR count). The van der Waals surface area contributed by atoms with E-state index in [1.165, 1.54) is 24.1 Å². The van der Waals surface area contributed by atoms with Gasteiger partial charge in [-0.3, -0.25) is 9.59 Å². The molecule has 1 aliphatic rings. The maximum Gasteiger partial charge on any atom is 0.337 e. The fourth-order valence-electron chi connectivity index (χ4n) is 3.74. The Hall–Kier alpha value is -3.69. The Labute approximate surface area is 197 Å². The van der Waals surface area contributed by atoms with E-state index in [4.69, 9.17) is 19.3 Å². The molecule has 1 aliphatic heterocycles. The van der Waals surface area contributed by atoms with Crippen LogP contribution < -0.4 is 4.74 Å². The smallest absolute Gasteiger partial charge is 0.337 e. The minimum atomic E-state index is -0.893. The topological polar surface area (TPSA) is 123 Å². The highest BCUT2D eigenvalue weighted by molar-refractivity contribution is 6.46. The third kappa shape index (κ3) is 5.27. The number of esters is 1. The average molecular weight is 469 g/mol.